The van der Waals surface area contributed by atoms with Gasteiger partial charge in [0.15, 0.2) is 0 Å². The van der Waals surface area contributed by atoms with Gasteiger partial charge >= 0.3 is 0 Å². The summed E-state index contributed by atoms with van der Waals surface area (Å²) in [6, 6.07) is 6.34. The maximum atomic E-state index is 5.77. The Hall–Kier alpha value is -1.22. The predicted molar refractivity (Wildman–Crippen MR) is 74.0 cm³/mol. The summed E-state index contributed by atoms with van der Waals surface area (Å²) in [6.07, 6.45) is 2.85. The molecule has 98 valence electrons. The van der Waals surface area contributed by atoms with Crippen molar-refractivity contribution < 1.29 is 4.74 Å². The number of benzene rings is 1. The number of rotatable bonds is 5. The fourth-order valence-corrected chi connectivity index (χ4v) is 2.64. The summed E-state index contributed by atoms with van der Waals surface area (Å²) in [6.45, 7) is 6.04. The summed E-state index contributed by atoms with van der Waals surface area (Å²) in [5.74, 6) is 2.82. The molecule has 0 saturated heterocycles. The SMILES string of the molecule is CC(CNCc1cccc2c1OCCN2)C1CC1. The molecule has 18 heavy (non-hydrogen) atoms. The van der Waals surface area contributed by atoms with Crippen LogP contribution in [0.2, 0.25) is 0 Å². The second-order valence-electron chi connectivity index (χ2n) is 5.51. The highest BCUT2D eigenvalue weighted by Crippen LogP contribution is 2.36. The summed E-state index contributed by atoms with van der Waals surface area (Å²) in [4.78, 5) is 0. The van der Waals surface area contributed by atoms with Crippen LogP contribution in [0, 0.1) is 11.8 Å². The molecule has 1 atom stereocenters. The van der Waals surface area contributed by atoms with E-state index in [1.54, 1.807) is 0 Å². The van der Waals surface area contributed by atoms with Crippen LogP contribution in [0.1, 0.15) is 25.3 Å². The van der Waals surface area contributed by atoms with Crippen molar-refractivity contribution in [3.8, 4) is 5.75 Å². The summed E-state index contributed by atoms with van der Waals surface area (Å²) in [5.41, 5.74) is 2.40. The van der Waals surface area contributed by atoms with Gasteiger partial charge in [-0.1, -0.05) is 19.1 Å². The molecule has 1 heterocycles. The molecule has 0 aromatic heterocycles. The lowest BCUT2D eigenvalue weighted by Crippen LogP contribution is -2.24. The number of fused-ring (bicyclic) bond motifs is 1. The second kappa shape index (κ2) is 5.19. The van der Waals surface area contributed by atoms with Crippen molar-refractivity contribution >= 4 is 5.69 Å². The van der Waals surface area contributed by atoms with Gasteiger partial charge < -0.3 is 15.4 Å². The quantitative estimate of drug-likeness (QED) is 0.838. The minimum absolute atomic E-state index is 0.766. The van der Waals surface area contributed by atoms with Crippen molar-refractivity contribution in [2.75, 3.05) is 25.0 Å². The van der Waals surface area contributed by atoms with E-state index in [0.29, 0.717) is 0 Å². The number of nitrogens with one attached hydrogen (secondary N) is 2. The van der Waals surface area contributed by atoms with E-state index in [2.05, 4.69) is 35.8 Å². The molecule has 2 aliphatic rings. The van der Waals surface area contributed by atoms with Gasteiger partial charge in [0.05, 0.1) is 5.69 Å². The zero-order chi connectivity index (χ0) is 12.4. The number of hydrogen-bond donors (Lipinski definition) is 2. The van der Waals surface area contributed by atoms with E-state index in [4.69, 9.17) is 4.74 Å². The molecule has 3 nitrogen and oxygen atoms in total. The molecule has 1 aliphatic heterocycles. The van der Waals surface area contributed by atoms with Crippen molar-refractivity contribution in [2.45, 2.75) is 26.3 Å². The van der Waals surface area contributed by atoms with Crippen LogP contribution < -0.4 is 15.4 Å². The monoisotopic (exact) mass is 246 g/mol. The number of ether oxygens (including phenoxy) is 1. The molecular formula is C15H22N2O. The lowest BCUT2D eigenvalue weighted by molar-refractivity contribution is 0.318. The van der Waals surface area contributed by atoms with Gasteiger partial charge in [-0.05, 0) is 37.3 Å². The average molecular weight is 246 g/mol. The molecule has 1 saturated carbocycles. The Morgan fingerprint density at radius 3 is 3.17 bits per heavy atom. The standard InChI is InChI=1S/C15H22N2O/c1-11(12-5-6-12)9-16-10-13-3-2-4-14-15(13)18-8-7-17-14/h2-4,11-12,16-17H,5-10H2,1H3. The lowest BCUT2D eigenvalue weighted by Gasteiger charge is -2.22. The van der Waals surface area contributed by atoms with Gasteiger partial charge in [0, 0.05) is 18.7 Å². The highest BCUT2D eigenvalue weighted by molar-refractivity contribution is 5.61. The zero-order valence-corrected chi connectivity index (χ0v) is 11.0. The van der Waals surface area contributed by atoms with E-state index in [-0.39, 0.29) is 0 Å². The van der Waals surface area contributed by atoms with Crippen molar-refractivity contribution in [2.24, 2.45) is 11.8 Å². The first-order valence-electron chi connectivity index (χ1n) is 7.04. The van der Waals surface area contributed by atoms with Gasteiger partial charge in [0.2, 0.25) is 0 Å². The van der Waals surface area contributed by atoms with Crippen molar-refractivity contribution in [1.29, 1.82) is 0 Å². The predicted octanol–water partition coefficient (Wildman–Crippen LogP) is 2.63. The molecule has 0 spiro atoms. The third-order valence-electron chi connectivity index (χ3n) is 3.97. The molecule has 1 fully saturated rings. The Kier molecular flexibility index (Phi) is 3.41. The van der Waals surface area contributed by atoms with Gasteiger partial charge in [0.25, 0.3) is 0 Å². The van der Waals surface area contributed by atoms with Crippen LogP contribution in [0.5, 0.6) is 5.75 Å². The van der Waals surface area contributed by atoms with Crippen LogP contribution in [-0.2, 0) is 6.54 Å². The third-order valence-corrected chi connectivity index (χ3v) is 3.97. The molecule has 1 aromatic carbocycles. The van der Waals surface area contributed by atoms with E-state index in [1.165, 1.54) is 18.4 Å². The summed E-state index contributed by atoms with van der Waals surface area (Å²) < 4.78 is 5.77. The molecule has 1 aromatic rings. The van der Waals surface area contributed by atoms with E-state index in [0.717, 1.165) is 49.5 Å². The molecule has 0 amide bonds. The first kappa shape index (κ1) is 11.8. The number of anilines is 1. The van der Waals surface area contributed by atoms with Crippen molar-refractivity contribution in [3.05, 3.63) is 23.8 Å². The summed E-state index contributed by atoms with van der Waals surface area (Å²) in [5, 5.41) is 6.94. The van der Waals surface area contributed by atoms with Gasteiger partial charge in [-0.2, -0.15) is 0 Å². The average Bonchev–Trinajstić information content (AvgIpc) is 3.23. The Bertz CT molecular complexity index is 415. The Balaban J connectivity index is 1.58. The smallest absolute Gasteiger partial charge is 0.146 e. The van der Waals surface area contributed by atoms with E-state index < -0.39 is 0 Å². The van der Waals surface area contributed by atoms with Crippen LogP contribution in [0.15, 0.2) is 18.2 Å². The van der Waals surface area contributed by atoms with E-state index in [9.17, 15) is 0 Å². The van der Waals surface area contributed by atoms with Crippen LogP contribution in [0.25, 0.3) is 0 Å². The molecule has 1 unspecified atom stereocenters. The van der Waals surface area contributed by atoms with Gasteiger partial charge in [-0.25, -0.2) is 0 Å². The minimum atomic E-state index is 0.766. The number of para-hydroxylation sites is 1. The topological polar surface area (TPSA) is 33.3 Å². The van der Waals surface area contributed by atoms with Gasteiger partial charge in [0.1, 0.15) is 12.4 Å². The largest absolute Gasteiger partial charge is 0.489 e. The molecule has 3 rings (SSSR count). The first-order chi connectivity index (χ1) is 8.84. The first-order valence-corrected chi connectivity index (χ1v) is 7.04. The highest BCUT2D eigenvalue weighted by atomic mass is 16.5. The van der Waals surface area contributed by atoms with Crippen LogP contribution >= 0.6 is 0 Å². The normalized spacial score (nSPS) is 19.6. The second-order valence-corrected chi connectivity index (χ2v) is 5.51. The van der Waals surface area contributed by atoms with Crippen LogP contribution in [0.3, 0.4) is 0 Å². The maximum absolute atomic E-state index is 5.77. The minimum Gasteiger partial charge on any atom is -0.489 e. The Labute approximate surface area is 109 Å². The Morgan fingerprint density at radius 1 is 1.44 bits per heavy atom. The summed E-state index contributed by atoms with van der Waals surface area (Å²) >= 11 is 0. The van der Waals surface area contributed by atoms with E-state index >= 15 is 0 Å². The maximum Gasteiger partial charge on any atom is 0.146 e. The summed E-state index contributed by atoms with van der Waals surface area (Å²) in [7, 11) is 0. The van der Waals surface area contributed by atoms with E-state index in [1.807, 2.05) is 0 Å². The molecular weight excluding hydrogens is 224 g/mol. The van der Waals surface area contributed by atoms with Crippen LogP contribution in [0.4, 0.5) is 5.69 Å². The van der Waals surface area contributed by atoms with Gasteiger partial charge in [-0.3, -0.25) is 0 Å². The number of hydrogen-bond acceptors (Lipinski definition) is 3. The van der Waals surface area contributed by atoms with Crippen LogP contribution in [-0.4, -0.2) is 19.7 Å². The van der Waals surface area contributed by atoms with Gasteiger partial charge in [-0.15, -0.1) is 0 Å². The lowest BCUT2D eigenvalue weighted by atomic mass is 10.1. The molecule has 3 heteroatoms. The third kappa shape index (κ3) is 2.61. The molecule has 0 bridgehead atoms. The zero-order valence-electron chi connectivity index (χ0n) is 11.0. The fourth-order valence-electron chi connectivity index (χ4n) is 2.64. The molecule has 1 aliphatic carbocycles. The Morgan fingerprint density at radius 2 is 2.33 bits per heavy atom. The molecule has 2 N–H and O–H groups in total. The fraction of sp³-hybridized carbons (Fsp3) is 0.600. The van der Waals surface area contributed by atoms with Crippen molar-refractivity contribution in [1.82, 2.24) is 5.32 Å². The highest BCUT2D eigenvalue weighted by Gasteiger charge is 2.27. The molecule has 0 radical (unpaired) electrons. The van der Waals surface area contributed by atoms with Crippen molar-refractivity contribution in [3.63, 3.8) is 0 Å².